The van der Waals surface area contributed by atoms with Crippen LogP contribution >= 0.6 is 0 Å². The van der Waals surface area contributed by atoms with E-state index in [-0.39, 0.29) is 0 Å². The summed E-state index contributed by atoms with van der Waals surface area (Å²) < 4.78 is 0. The highest BCUT2D eigenvalue weighted by molar-refractivity contribution is 5.98. The number of nitrogens with two attached hydrogens (primary N) is 1. The van der Waals surface area contributed by atoms with Crippen LogP contribution in [0, 0.1) is 0 Å². The maximum Gasteiger partial charge on any atom is 0.0936 e. The fourth-order valence-corrected chi connectivity index (χ4v) is 0.914. The van der Waals surface area contributed by atoms with Crippen LogP contribution in [0.15, 0.2) is 58.8 Å². The Kier molecular flexibility index (Phi) is 5.71. The summed E-state index contributed by atoms with van der Waals surface area (Å²) in [5, 5.41) is 0. The molecular formula is C12H17N3. The van der Waals surface area contributed by atoms with Crippen LogP contribution in [0.1, 0.15) is 6.92 Å². The molecule has 0 radical (unpaired) electrons. The molecule has 0 aromatic rings. The van der Waals surface area contributed by atoms with Crippen molar-refractivity contribution in [2.24, 2.45) is 15.7 Å². The molecule has 80 valence electrons. The van der Waals surface area contributed by atoms with E-state index < -0.39 is 0 Å². The number of nitrogens with zero attached hydrogens (tertiary/aromatic N) is 2. The third-order valence-electron chi connectivity index (χ3n) is 1.81. The molecule has 0 rings (SSSR count). The summed E-state index contributed by atoms with van der Waals surface area (Å²) in [4.78, 5) is 8.00. The topological polar surface area (TPSA) is 50.7 Å². The summed E-state index contributed by atoms with van der Waals surface area (Å²) in [5.74, 6) is 0. The van der Waals surface area contributed by atoms with Crippen LogP contribution in [0.3, 0.4) is 0 Å². The second-order valence-corrected chi connectivity index (χ2v) is 2.86. The van der Waals surface area contributed by atoms with Crippen molar-refractivity contribution in [3.63, 3.8) is 0 Å². The highest BCUT2D eigenvalue weighted by Gasteiger charge is 2.05. The zero-order valence-corrected chi connectivity index (χ0v) is 9.16. The molecule has 0 aliphatic heterocycles. The van der Waals surface area contributed by atoms with Crippen LogP contribution < -0.4 is 5.73 Å². The minimum Gasteiger partial charge on any atom is -0.396 e. The summed E-state index contributed by atoms with van der Waals surface area (Å²) in [7, 11) is 0. The van der Waals surface area contributed by atoms with E-state index in [0.717, 1.165) is 0 Å². The Bertz CT molecular complexity index is 346. The summed E-state index contributed by atoms with van der Waals surface area (Å²) in [6.07, 6.45) is 3.28. The van der Waals surface area contributed by atoms with Crippen molar-refractivity contribution in [2.45, 2.75) is 6.92 Å². The van der Waals surface area contributed by atoms with Gasteiger partial charge in [-0.05, 0) is 19.2 Å². The number of aliphatic imine (C=N–C) groups is 2. The van der Waals surface area contributed by atoms with Gasteiger partial charge in [-0.15, -0.1) is 6.58 Å². The van der Waals surface area contributed by atoms with Crippen molar-refractivity contribution >= 4 is 12.4 Å². The standard InChI is InChI=1S/C12H17N3/c1-6-8-15-10(4)11(13)12(14-5)9(3)7-2/h6-7H,1-3,5,8,13H2,4H3/b12-11+,15-10?. The van der Waals surface area contributed by atoms with Crippen LogP contribution in [-0.2, 0) is 0 Å². The Morgan fingerprint density at radius 1 is 1.40 bits per heavy atom. The van der Waals surface area contributed by atoms with Crippen molar-refractivity contribution in [3.8, 4) is 0 Å². The van der Waals surface area contributed by atoms with E-state index in [1.807, 2.05) is 0 Å². The van der Waals surface area contributed by atoms with E-state index >= 15 is 0 Å². The predicted octanol–water partition coefficient (Wildman–Crippen LogP) is 2.25. The lowest BCUT2D eigenvalue weighted by molar-refractivity contribution is 1.20. The summed E-state index contributed by atoms with van der Waals surface area (Å²) >= 11 is 0. The molecule has 0 aromatic carbocycles. The van der Waals surface area contributed by atoms with Crippen molar-refractivity contribution in [1.29, 1.82) is 0 Å². The molecule has 3 heteroatoms. The quantitative estimate of drug-likeness (QED) is 0.402. The Balaban J connectivity index is 5.19. The van der Waals surface area contributed by atoms with Crippen LogP contribution in [0.5, 0.6) is 0 Å². The van der Waals surface area contributed by atoms with Crippen LogP contribution in [0.4, 0.5) is 0 Å². The van der Waals surface area contributed by atoms with Crippen molar-refractivity contribution in [1.82, 2.24) is 0 Å². The molecule has 2 N–H and O–H groups in total. The first-order valence-corrected chi connectivity index (χ1v) is 4.49. The molecule has 0 fully saturated rings. The predicted molar refractivity (Wildman–Crippen MR) is 68.3 cm³/mol. The van der Waals surface area contributed by atoms with Crippen LogP contribution in [-0.4, -0.2) is 19.0 Å². The SMILES string of the molecule is C=CCN=C(C)/C(N)=C(\N=C)C(=C)C=C. The molecule has 0 amide bonds. The van der Waals surface area contributed by atoms with Crippen molar-refractivity contribution in [2.75, 3.05) is 6.54 Å². The van der Waals surface area contributed by atoms with Crippen LogP contribution in [0.2, 0.25) is 0 Å². The highest BCUT2D eigenvalue weighted by Crippen LogP contribution is 2.13. The molecule has 15 heavy (non-hydrogen) atoms. The van der Waals surface area contributed by atoms with E-state index in [2.05, 4.69) is 36.4 Å². The lowest BCUT2D eigenvalue weighted by Gasteiger charge is -2.06. The van der Waals surface area contributed by atoms with Gasteiger partial charge in [0, 0.05) is 0 Å². The molecule has 0 heterocycles. The van der Waals surface area contributed by atoms with Crippen molar-refractivity contribution in [3.05, 3.63) is 48.9 Å². The van der Waals surface area contributed by atoms with Gasteiger partial charge in [-0.3, -0.25) is 9.98 Å². The third kappa shape index (κ3) is 3.77. The van der Waals surface area contributed by atoms with Gasteiger partial charge in [0.05, 0.1) is 23.7 Å². The summed E-state index contributed by atoms with van der Waals surface area (Å²) in [5.41, 5.74) is 8.18. The van der Waals surface area contributed by atoms with Gasteiger partial charge >= 0.3 is 0 Å². The largest absolute Gasteiger partial charge is 0.396 e. The zero-order chi connectivity index (χ0) is 11.8. The molecule has 0 spiro atoms. The van der Waals surface area contributed by atoms with Gasteiger partial charge in [0.1, 0.15) is 0 Å². The van der Waals surface area contributed by atoms with E-state index in [0.29, 0.717) is 29.2 Å². The summed E-state index contributed by atoms with van der Waals surface area (Å²) in [6, 6.07) is 0. The Hall–Kier alpha value is -1.90. The van der Waals surface area contributed by atoms with Crippen molar-refractivity contribution < 1.29 is 0 Å². The second-order valence-electron chi connectivity index (χ2n) is 2.86. The van der Waals surface area contributed by atoms with Gasteiger partial charge in [0.2, 0.25) is 0 Å². The van der Waals surface area contributed by atoms with Gasteiger partial charge in [-0.2, -0.15) is 0 Å². The summed E-state index contributed by atoms with van der Waals surface area (Å²) in [6.45, 7) is 16.7. The first kappa shape index (κ1) is 13.1. The molecule has 0 aromatic heterocycles. The Labute approximate surface area is 91.1 Å². The average molecular weight is 203 g/mol. The fourth-order valence-electron chi connectivity index (χ4n) is 0.914. The van der Waals surface area contributed by atoms with E-state index in [1.54, 1.807) is 19.1 Å². The van der Waals surface area contributed by atoms with Gasteiger partial charge in [0.15, 0.2) is 0 Å². The molecule has 0 aliphatic carbocycles. The highest BCUT2D eigenvalue weighted by atomic mass is 14.8. The first-order chi connectivity index (χ1) is 7.08. The number of allylic oxidation sites excluding steroid dienone is 2. The van der Waals surface area contributed by atoms with E-state index in [4.69, 9.17) is 5.73 Å². The number of hydrogen-bond acceptors (Lipinski definition) is 3. The van der Waals surface area contributed by atoms with Crippen LogP contribution in [0.25, 0.3) is 0 Å². The van der Waals surface area contributed by atoms with E-state index in [1.165, 1.54) is 0 Å². The monoisotopic (exact) mass is 203 g/mol. The minimum absolute atomic E-state index is 0.469. The zero-order valence-electron chi connectivity index (χ0n) is 9.16. The first-order valence-electron chi connectivity index (χ1n) is 4.49. The normalized spacial score (nSPS) is 12.7. The lowest BCUT2D eigenvalue weighted by atomic mass is 10.1. The molecular weight excluding hydrogens is 186 g/mol. The van der Waals surface area contributed by atoms with Gasteiger partial charge in [-0.25, -0.2) is 0 Å². The Morgan fingerprint density at radius 3 is 2.40 bits per heavy atom. The number of hydrogen-bond donors (Lipinski definition) is 1. The maximum atomic E-state index is 5.86. The molecule has 0 unspecified atom stereocenters. The molecule has 0 atom stereocenters. The number of rotatable bonds is 6. The van der Waals surface area contributed by atoms with Gasteiger partial charge < -0.3 is 5.73 Å². The third-order valence-corrected chi connectivity index (χ3v) is 1.81. The maximum absolute atomic E-state index is 5.86. The second kappa shape index (κ2) is 6.54. The minimum atomic E-state index is 0.469. The Morgan fingerprint density at radius 2 is 2.00 bits per heavy atom. The lowest BCUT2D eigenvalue weighted by Crippen LogP contribution is -2.12. The molecule has 0 bridgehead atoms. The molecule has 0 saturated carbocycles. The smallest absolute Gasteiger partial charge is 0.0936 e. The molecule has 0 saturated heterocycles. The molecule has 0 aliphatic rings. The fraction of sp³-hybridized carbons (Fsp3) is 0.167. The van der Waals surface area contributed by atoms with Gasteiger partial charge in [0.25, 0.3) is 0 Å². The average Bonchev–Trinajstić information content (AvgIpc) is 2.26. The molecule has 3 nitrogen and oxygen atoms in total. The van der Waals surface area contributed by atoms with E-state index in [9.17, 15) is 0 Å². The van der Waals surface area contributed by atoms with Gasteiger partial charge in [-0.1, -0.05) is 25.3 Å².